The molecule has 3 rings (SSSR count). The van der Waals surface area contributed by atoms with Gasteiger partial charge in [0.05, 0.1) is 16.3 Å². The highest BCUT2D eigenvalue weighted by atomic mass is 79.9. The van der Waals surface area contributed by atoms with Crippen LogP contribution < -0.4 is 0 Å². The van der Waals surface area contributed by atoms with Crippen LogP contribution in [0.2, 0.25) is 0 Å². The largest absolute Gasteiger partial charge is 0.388 e. The summed E-state index contributed by atoms with van der Waals surface area (Å²) in [6, 6.07) is 8.39. The molecule has 2 heterocycles. The molecule has 1 atom stereocenters. The molecule has 1 N–H and O–H groups in total. The van der Waals surface area contributed by atoms with E-state index in [4.69, 9.17) is 0 Å². The van der Waals surface area contributed by atoms with Crippen molar-refractivity contribution in [3.05, 3.63) is 63.3 Å². The molecule has 0 bridgehead atoms. The standard InChI is InChI=1S/C15H11BrFNOS/c16-12-7-11(17)2-1-9(12)5-14(19)10-6-15-13(18-8-10)3-4-20-15/h1-4,6-8,14,19H,5H2. The van der Waals surface area contributed by atoms with E-state index in [2.05, 4.69) is 20.9 Å². The van der Waals surface area contributed by atoms with Crippen molar-refractivity contribution in [2.24, 2.45) is 0 Å². The third-order valence-corrected chi connectivity index (χ3v) is 4.73. The predicted molar refractivity (Wildman–Crippen MR) is 82.4 cm³/mol. The van der Waals surface area contributed by atoms with E-state index in [9.17, 15) is 9.50 Å². The fourth-order valence-corrected chi connectivity index (χ4v) is 3.36. The Labute approximate surface area is 128 Å². The van der Waals surface area contributed by atoms with Gasteiger partial charge in [-0.25, -0.2) is 4.39 Å². The van der Waals surface area contributed by atoms with Crippen LogP contribution >= 0.6 is 27.3 Å². The van der Waals surface area contributed by atoms with Gasteiger partial charge in [-0.3, -0.25) is 4.98 Å². The minimum absolute atomic E-state index is 0.295. The van der Waals surface area contributed by atoms with Crippen molar-refractivity contribution in [3.63, 3.8) is 0 Å². The lowest BCUT2D eigenvalue weighted by atomic mass is 10.0. The Morgan fingerprint density at radius 2 is 2.15 bits per heavy atom. The first-order chi connectivity index (χ1) is 9.63. The molecular weight excluding hydrogens is 341 g/mol. The van der Waals surface area contributed by atoms with Crippen LogP contribution in [0.1, 0.15) is 17.2 Å². The fourth-order valence-electron chi connectivity index (χ4n) is 2.06. The number of aliphatic hydroxyl groups is 1. The van der Waals surface area contributed by atoms with Gasteiger partial charge in [0.25, 0.3) is 0 Å². The van der Waals surface area contributed by atoms with Gasteiger partial charge in [0, 0.05) is 22.7 Å². The molecule has 5 heteroatoms. The van der Waals surface area contributed by atoms with Crippen LogP contribution in [-0.4, -0.2) is 10.1 Å². The van der Waals surface area contributed by atoms with Gasteiger partial charge in [-0.1, -0.05) is 22.0 Å². The van der Waals surface area contributed by atoms with Gasteiger partial charge < -0.3 is 5.11 Å². The highest BCUT2D eigenvalue weighted by molar-refractivity contribution is 9.10. The first-order valence-electron chi connectivity index (χ1n) is 6.08. The van der Waals surface area contributed by atoms with Crippen molar-refractivity contribution in [3.8, 4) is 0 Å². The third kappa shape index (κ3) is 2.75. The second kappa shape index (κ2) is 5.60. The molecule has 0 aliphatic heterocycles. The Morgan fingerprint density at radius 3 is 2.95 bits per heavy atom. The van der Waals surface area contributed by atoms with E-state index in [0.29, 0.717) is 10.9 Å². The smallest absolute Gasteiger partial charge is 0.124 e. The molecule has 102 valence electrons. The molecule has 0 radical (unpaired) electrons. The van der Waals surface area contributed by atoms with Crippen molar-refractivity contribution >= 4 is 37.5 Å². The van der Waals surface area contributed by atoms with Crippen molar-refractivity contribution in [2.45, 2.75) is 12.5 Å². The summed E-state index contributed by atoms with van der Waals surface area (Å²) in [5, 5.41) is 12.3. The monoisotopic (exact) mass is 351 g/mol. The van der Waals surface area contributed by atoms with Crippen LogP contribution in [0.15, 0.2) is 46.4 Å². The van der Waals surface area contributed by atoms with E-state index < -0.39 is 6.10 Å². The SMILES string of the molecule is OC(Cc1ccc(F)cc1Br)c1cnc2ccsc2c1. The van der Waals surface area contributed by atoms with E-state index in [-0.39, 0.29) is 5.82 Å². The molecule has 0 aliphatic carbocycles. The van der Waals surface area contributed by atoms with Gasteiger partial charge in [-0.05, 0) is 35.2 Å². The van der Waals surface area contributed by atoms with E-state index >= 15 is 0 Å². The van der Waals surface area contributed by atoms with Crippen LogP contribution in [0.4, 0.5) is 4.39 Å². The zero-order chi connectivity index (χ0) is 14.1. The second-order valence-corrected chi connectivity index (χ2v) is 6.33. The molecule has 0 amide bonds. The molecule has 2 aromatic heterocycles. The summed E-state index contributed by atoms with van der Waals surface area (Å²) in [5.41, 5.74) is 2.58. The number of hydrogen-bond donors (Lipinski definition) is 1. The molecular formula is C15H11BrFNOS. The minimum atomic E-state index is -0.657. The second-order valence-electron chi connectivity index (χ2n) is 4.53. The van der Waals surface area contributed by atoms with Gasteiger partial charge in [-0.2, -0.15) is 0 Å². The van der Waals surface area contributed by atoms with Crippen LogP contribution in [-0.2, 0) is 6.42 Å². The van der Waals surface area contributed by atoms with Crippen molar-refractivity contribution in [1.29, 1.82) is 0 Å². The minimum Gasteiger partial charge on any atom is -0.388 e. The number of benzene rings is 1. The number of thiophene rings is 1. The Hall–Kier alpha value is -1.30. The van der Waals surface area contributed by atoms with Crippen molar-refractivity contribution < 1.29 is 9.50 Å². The van der Waals surface area contributed by atoms with E-state index in [1.807, 2.05) is 17.5 Å². The fraction of sp³-hybridized carbons (Fsp3) is 0.133. The first kappa shape index (κ1) is 13.7. The molecule has 0 saturated heterocycles. The maximum absolute atomic E-state index is 13.0. The zero-order valence-electron chi connectivity index (χ0n) is 10.4. The van der Waals surface area contributed by atoms with Gasteiger partial charge >= 0.3 is 0 Å². The summed E-state index contributed by atoms with van der Waals surface area (Å²) in [5.74, 6) is -0.295. The normalized spacial score (nSPS) is 12.8. The Kier molecular flexibility index (Phi) is 3.83. The third-order valence-electron chi connectivity index (χ3n) is 3.14. The number of aromatic nitrogens is 1. The van der Waals surface area contributed by atoms with Gasteiger partial charge in [-0.15, -0.1) is 11.3 Å². The number of halogens is 2. The average Bonchev–Trinajstić information content (AvgIpc) is 2.89. The Bertz CT molecular complexity index is 758. The van der Waals surface area contributed by atoms with Crippen molar-refractivity contribution in [1.82, 2.24) is 4.98 Å². The quantitative estimate of drug-likeness (QED) is 0.754. The highest BCUT2D eigenvalue weighted by Gasteiger charge is 2.12. The van der Waals surface area contributed by atoms with Gasteiger partial charge in [0.15, 0.2) is 0 Å². The molecule has 0 fully saturated rings. The molecule has 0 spiro atoms. The van der Waals surface area contributed by atoms with Gasteiger partial charge in [0.1, 0.15) is 5.82 Å². The van der Waals surface area contributed by atoms with Crippen LogP contribution in [0, 0.1) is 5.82 Å². The lowest BCUT2D eigenvalue weighted by Crippen LogP contribution is -2.03. The van der Waals surface area contributed by atoms with Crippen LogP contribution in [0.25, 0.3) is 10.2 Å². The van der Waals surface area contributed by atoms with Crippen LogP contribution in [0.5, 0.6) is 0 Å². The molecule has 2 nitrogen and oxygen atoms in total. The average molecular weight is 352 g/mol. The lowest BCUT2D eigenvalue weighted by Gasteiger charge is -2.12. The summed E-state index contributed by atoms with van der Waals surface area (Å²) in [7, 11) is 0. The van der Waals surface area contributed by atoms with Crippen LogP contribution in [0.3, 0.4) is 0 Å². The topological polar surface area (TPSA) is 33.1 Å². The molecule has 1 aromatic carbocycles. The molecule has 20 heavy (non-hydrogen) atoms. The maximum Gasteiger partial charge on any atom is 0.124 e. The Morgan fingerprint density at radius 1 is 1.30 bits per heavy atom. The van der Waals surface area contributed by atoms with E-state index in [1.165, 1.54) is 12.1 Å². The molecule has 0 aliphatic rings. The predicted octanol–water partition coefficient (Wildman–Crippen LogP) is 4.47. The molecule has 0 saturated carbocycles. The first-order valence-corrected chi connectivity index (χ1v) is 7.76. The summed E-state index contributed by atoms with van der Waals surface area (Å²) < 4.78 is 14.8. The number of pyridine rings is 1. The summed E-state index contributed by atoms with van der Waals surface area (Å²) >= 11 is 4.91. The number of aliphatic hydroxyl groups excluding tert-OH is 1. The summed E-state index contributed by atoms with van der Waals surface area (Å²) in [6.07, 6.45) is 1.45. The summed E-state index contributed by atoms with van der Waals surface area (Å²) in [6.45, 7) is 0. The van der Waals surface area contributed by atoms with Crippen molar-refractivity contribution in [2.75, 3.05) is 0 Å². The van der Waals surface area contributed by atoms with E-state index in [1.54, 1.807) is 23.6 Å². The van der Waals surface area contributed by atoms with E-state index in [0.717, 1.165) is 21.3 Å². The number of rotatable bonds is 3. The highest BCUT2D eigenvalue weighted by Crippen LogP contribution is 2.27. The number of fused-ring (bicyclic) bond motifs is 1. The molecule has 1 unspecified atom stereocenters. The number of hydrogen-bond acceptors (Lipinski definition) is 3. The zero-order valence-corrected chi connectivity index (χ0v) is 12.8. The Balaban J connectivity index is 1.86. The number of nitrogens with zero attached hydrogens (tertiary/aromatic N) is 1. The maximum atomic E-state index is 13.0. The van der Waals surface area contributed by atoms with Gasteiger partial charge in [0.2, 0.25) is 0 Å². The summed E-state index contributed by atoms with van der Waals surface area (Å²) in [4.78, 5) is 4.32. The lowest BCUT2D eigenvalue weighted by molar-refractivity contribution is 0.178. The molecule has 3 aromatic rings.